The SMILES string of the molecule is C=C(C)C(C=CC(C)CCCC=CCC)=CC. The fraction of sp³-hybridized carbons (Fsp3) is 0.529. The maximum absolute atomic E-state index is 3.97. The molecule has 0 bridgehead atoms. The van der Waals surface area contributed by atoms with E-state index >= 15 is 0 Å². The number of hydrogen-bond acceptors (Lipinski definition) is 0. The van der Waals surface area contributed by atoms with Gasteiger partial charge in [0.05, 0.1) is 0 Å². The minimum atomic E-state index is 0.652. The zero-order chi connectivity index (χ0) is 13.1. The van der Waals surface area contributed by atoms with Crippen LogP contribution in [-0.4, -0.2) is 0 Å². The van der Waals surface area contributed by atoms with Gasteiger partial charge in [0.1, 0.15) is 0 Å². The van der Waals surface area contributed by atoms with E-state index in [1.807, 2.05) is 0 Å². The van der Waals surface area contributed by atoms with Gasteiger partial charge in [-0.1, -0.05) is 56.4 Å². The minimum Gasteiger partial charge on any atom is -0.0955 e. The molecule has 0 aliphatic carbocycles. The van der Waals surface area contributed by atoms with E-state index in [1.165, 1.54) is 24.8 Å². The molecule has 0 aliphatic heterocycles. The van der Waals surface area contributed by atoms with E-state index < -0.39 is 0 Å². The lowest BCUT2D eigenvalue weighted by Crippen LogP contribution is -1.90. The third-order valence-electron chi connectivity index (χ3n) is 2.84. The third-order valence-corrected chi connectivity index (χ3v) is 2.84. The van der Waals surface area contributed by atoms with Crippen LogP contribution < -0.4 is 0 Å². The first-order valence-corrected chi connectivity index (χ1v) is 6.77. The summed E-state index contributed by atoms with van der Waals surface area (Å²) in [6.07, 6.45) is 16.1. The lowest BCUT2D eigenvalue weighted by atomic mass is 10.0. The van der Waals surface area contributed by atoms with Gasteiger partial charge in [0.25, 0.3) is 0 Å². The molecular formula is C17H28. The number of unbranched alkanes of at least 4 members (excludes halogenated alkanes) is 1. The molecule has 0 amide bonds. The zero-order valence-corrected chi connectivity index (χ0v) is 12.0. The Bertz CT molecular complexity index is 289. The standard InChI is InChI=1S/C17H28/c1-6-8-9-10-11-12-16(5)13-14-17(7-2)15(3)4/h7-9,13-14,16H,3,6,10-12H2,1-2,4-5H3. The zero-order valence-electron chi connectivity index (χ0n) is 12.0. The molecule has 17 heavy (non-hydrogen) atoms. The highest BCUT2D eigenvalue weighted by molar-refractivity contribution is 5.36. The Morgan fingerprint density at radius 2 is 2.00 bits per heavy atom. The molecule has 0 heteroatoms. The molecule has 96 valence electrons. The van der Waals surface area contributed by atoms with Crippen LogP contribution in [0.5, 0.6) is 0 Å². The normalized spacial score (nSPS) is 14.7. The first-order chi connectivity index (χ1) is 8.11. The summed E-state index contributed by atoms with van der Waals surface area (Å²) in [6.45, 7) is 12.6. The third kappa shape index (κ3) is 8.74. The Balaban J connectivity index is 3.93. The molecule has 1 unspecified atom stereocenters. The summed E-state index contributed by atoms with van der Waals surface area (Å²) < 4.78 is 0. The lowest BCUT2D eigenvalue weighted by molar-refractivity contribution is 0.611. The number of hydrogen-bond donors (Lipinski definition) is 0. The van der Waals surface area contributed by atoms with Crippen LogP contribution in [0.15, 0.2) is 48.1 Å². The van der Waals surface area contributed by atoms with Crippen molar-refractivity contribution in [1.29, 1.82) is 0 Å². The predicted octanol–water partition coefficient (Wildman–Crippen LogP) is 5.84. The fourth-order valence-electron chi connectivity index (χ4n) is 1.69. The molecule has 0 aliphatic rings. The van der Waals surface area contributed by atoms with E-state index in [-0.39, 0.29) is 0 Å². The van der Waals surface area contributed by atoms with Gasteiger partial charge in [-0.3, -0.25) is 0 Å². The largest absolute Gasteiger partial charge is 0.0955 e. The Morgan fingerprint density at radius 1 is 1.29 bits per heavy atom. The van der Waals surface area contributed by atoms with Gasteiger partial charge in [-0.15, -0.1) is 0 Å². The second-order valence-electron chi connectivity index (χ2n) is 4.67. The molecule has 0 rings (SSSR count). The molecule has 0 aromatic carbocycles. The van der Waals surface area contributed by atoms with Crippen LogP contribution in [0.3, 0.4) is 0 Å². The van der Waals surface area contributed by atoms with E-state index in [4.69, 9.17) is 0 Å². The molecule has 0 spiro atoms. The van der Waals surface area contributed by atoms with Gasteiger partial charge in [-0.25, -0.2) is 0 Å². The van der Waals surface area contributed by atoms with Crippen molar-refractivity contribution in [2.24, 2.45) is 5.92 Å². The topological polar surface area (TPSA) is 0 Å². The number of rotatable bonds is 8. The van der Waals surface area contributed by atoms with Crippen molar-refractivity contribution >= 4 is 0 Å². The molecular weight excluding hydrogens is 204 g/mol. The van der Waals surface area contributed by atoms with Crippen LogP contribution in [-0.2, 0) is 0 Å². The number of allylic oxidation sites excluding steroid dienone is 7. The molecule has 0 aromatic heterocycles. The smallest absolute Gasteiger partial charge is 0.0259 e. The molecule has 0 fully saturated rings. The maximum atomic E-state index is 3.97. The van der Waals surface area contributed by atoms with Crippen LogP contribution in [0.25, 0.3) is 0 Å². The monoisotopic (exact) mass is 232 g/mol. The molecule has 0 aromatic rings. The summed E-state index contributed by atoms with van der Waals surface area (Å²) in [5.41, 5.74) is 2.39. The Kier molecular flexibility index (Phi) is 9.52. The maximum Gasteiger partial charge on any atom is -0.0259 e. The van der Waals surface area contributed by atoms with E-state index in [0.29, 0.717) is 5.92 Å². The molecule has 1 atom stereocenters. The molecule has 0 N–H and O–H groups in total. The summed E-state index contributed by atoms with van der Waals surface area (Å²) in [7, 11) is 0. The summed E-state index contributed by atoms with van der Waals surface area (Å²) >= 11 is 0. The summed E-state index contributed by atoms with van der Waals surface area (Å²) in [4.78, 5) is 0. The van der Waals surface area contributed by atoms with Crippen LogP contribution in [0.2, 0.25) is 0 Å². The van der Waals surface area contributed by atoms with Crippen molar-refractivity contribution in [2.75, 3.05) is 0 Å². The van der Waals surface area contributed by atoms with Crippen molar-refractivity contribution in [3.63, 3.8) is 0 Å². The van der Waals surface area contributed by atoms with Crippen LogP contribution in [0.1, 0.15) is 53.4 Å². The Hall–Kier alpha value is -1.04. The van der Waals surface area contributed by atoms with Crippen molar-refractivity contribution < 1.29 is 0 Å². The average Bonchev–Trinajstić information content (AvgIpc) is 2.29. The highest BCUT2D eigenvalue weighted by Gasteiger charge is 1.97. The fourth-order valence-corrected chi connectivity index (χ4v) is 1.69. The highest BCUT2D eigenvalue weighted by atomic mass is 14.0. The summed E-state index contributed by atoms with van der Waals surface area (Å²) in [6, 6.07) is 0. The van der Waals surface area contributed by atoms with Crippen LogP contribution >= 0.6 is 0 Å². The van der Waals surface area contributed by atoms with E-state index in [0.717, 1.165) is 12.0 Å². The lowest BCUT2D eigenvalue weighted by Gasteiger charge is -2.05. The molecule has 0 saturated heterocycles. The quantitative estimate of drug-likeness (QED) is 0.280. The highest BCUT2D eigenvalue weighted by Crippen LogP contribution is 2.14. The Morgan fingerprint density at radius 3 is 2.53 bits per heavy atom. The van der Waals surface area contributed by atoms with E-state index in [9.17, 15) is 0 Å². The second-order valence-corrected chi connectivity index (χ2v) is 4.67. The van der Waals surface area contributed by atoms with Crippen LogP contribution in [0, 0.1) is 5.92 Å². The van der Waals surface area contributed by atoms with Gasteiger partial charge in [0, 0.05) is 0 Å². The summed E-state index contributed by atoms with van der Waals surface area (Å²) in [5, 5.41) is 0. The summed E-state index contributed by atoms with van der Waals surface area (Å²) in [5.74, 6) is 0.652. The molecule has 0 radical (unpaired) electrons. The van der Waals surface area contributed by atoms with Crippen molar-refractivity contribution in [3.8, 4) is 0 Å². The molecule has 0 heterocycles. The van der Waals surface area contributed by atoms with E-state index in [1.54, 1.807) is 0 Å². The predicted molar refractivity (Wildman–Crippen MR) is 80.2 cm³/mol. The minimum absolute atomic E-state index is 0.652. The first kappa shape index (κ1) is 16.0. The first-order valence-electron chi connectivity index (χ1n) is 6.77. The Labute approximate surface area is 108 Å². The van der Waals surface area contributed by atoms with Crippen molar-refractivity contribution in [1.82, 2.24) is 0 Å². The van der Waals surface area contributed by atoms with E-state index in [2.05, 4.69) is 64.7 Å². The van der Waals surface area contributed by atoms with Gasteiger partial charge < -0.3 is 0 Å². The van der Waals surface area contributed by atoms with Gasteiger partial charge in [-0.2, -0.15) is 0 Å². The van der Waals surface area contributed by atoms with Crippen molar-refractivity contribution in [2.45, 2.75) is 53.4 Å². The molecule has 0 nitrogen and oxygen atoms in total. The van der Waals surface area contributed by atoms with Gasteiger partial charge in [0.2, 0.25) is 0 Å². The van der Waals surface area contributed by atoms with Crippen LogP contribution in [0.4, 0.5) is 0 Å². The van der Waals surface area contributed by atoms with Gasteiger partial charge in [-0.05, 0) is 51.0 Å². The average molecular weight is 232 g/mol. The van der Waals surface area contributed by atoms with Gasteiger partial charge in [0.15, 0.2) is 0 Å². The van der Waals surface area contributed by atoms with Crippen molar-refractivity contribution in [3.05, 3.63) is 48.1 Å². The van der Waals surface area contributed by atoms with Gasteiger partial charge >= 0.3 is 0 Å². The second kappa shape index (κ2) is 10.1. The molecule has 0 saturated carbocycles.